The fraction of sp³-hybridized carbons (Fsp3) is 0.150. The van der Waals surface area contributed by atoms with Gasteiger partial charge in [-0.2, -0.15) is 0 Å². The Kier molecular flexibility index (Phi) is 6.05. The Morgan fingerprint density at radius 3 is 2.50 bits per heavy atom. The third-order valence-corrected chi connectivity index (χ3v) is 5.50. The summed E-state index contributed by atoms with van der Waals surface area (Å²) in [5.74, 6) is -0.366. The second-order valence-corrected chi connectivity index (χ2v) is 7.10. The lowest BCUT2D eigenvalue weighted by atomic mass is 9.96. The molecule has 0 aliphatic rings. The van der Waals surface area contributed by atoms with Crippen molar-refractivity contribution >= 4 is 27.5 Å². The van der Waals surface area contributed by atoms with E-state index in [2.05, 4.69) is 20.9 Å². The molecule has 1 N–H and O–H groups in total. The number of aromatic nitrogens is 1. The molecule has 0 aliphatic carbocycles. The third kappa shape index (κ3) is 3.91. The van der Waals surface area contributed by atoms with Crippen LogP contribution in [-0.4, -0.2) is 19.2 Å². The molecule has 146 valence electrons. The van der Waals surface area contributed by atoms with Crippen molar-refractivity contribution in [3.05, 3.63) is 79.1 Å². The zero-order chi connectivity index (χ0) is 20.4. The molecule has 0 aliphatic heterocycles. The van der Waals surface area contributed by atoms with Crippen LogP contribution in [0, 0.1) is 11.6 Å². The number of pyridine rings is 1. The van der Waals surface area contributed by atoms with Gasteiger partial charge in [0.2, 0.25) is 0 Å². The van der Waals surface area contributed by atoms with Crippen LogP contribution in [0.3, 0.4) is 0 Å². The maximum absolute atomic E-state index is 14.2. The van der Waals surface area contributed by atoms with E-state index in [9.17, 15) is 13.6 Å². The quantitative estimate of drug-likeness (QED) is 0.547. The highest BCUT2D eigenvalue weighted by atomic mass is 79.9. The van der Waals surface area contributed by atoms with Gasteiger partial charge in [-0.1, -0.05) is 17.7 Å². The zero-order valence-corrected chi connectivity index (χ0v) is 17.2. The van der Waals surface area contributed by atoms with Gasteiger partial charge in [-0.3, -0.25) is 4.79 Å². The number of benzene rings is 2. The van der Waals surface area contributed by atoms with Crippen LogP contribution in [0.15, 0.2) is 45.8 Å². The van der Waals surface area contributed by atoms with E-state index in [4.69, 9.17) is 21.1 Å². The minimum atomic E-state index is -0.718. The lowest BCUT2D eigenvalue weighted by Crippen LogP contribution is -2.11. The molecule has 8 heteroatoms. The number of nitrogens with one attached hydrogen (secondary N) is 1. The Bertz CT molecular complexity index is 1100. The molecule has 2 aromatic carbocycles. The maximum atomic E-state index is 14.2. The SMILES string of the molecule is COc1cc(OC)c(Br)c(-c2c[nH]c(=O)c(Cl)c2Cc2ccc(F)cc2F)c1. The number of ether oxygens (including phenoxy) is 2. The smallest absolute Gasteiger partial charge is 0.267 e. The molecule has 0 bridgehead atoms. The average Bonchev–Trinajstić information content (AvgIpc) is 2.68. The summed E-state index contributed by atoms with van der Waals surface area (Å²) in [6.07, 6.45) is 1.49. The van der Waals surface area contributed by atoms with Crippen molar-refractivity contribution in [1.82, 2.24) is 4.98 Å². The van der Waals surface area contributed by atoms with Crippen LogP contribution in [-0.2, 0) is 6.42 Å². The van der Waals surface area contributed by atoms with Crippen molar-refractivity contribution < 1.29 is 18.3 Å². The standard InChI is InChI=1S/C20H15BrClF2NO3/c1-27-12-7-13(18(21)17(8-12)28-2)15-9-25-20(26)19(22)14(15)5-10-3-4-11(23)6-16(10)24/h3-4,6-9H,5H2,1-2H3,(H,25,26). The van der Waals surface area contributed by atoms with E-state index in [1.807, 2.05) is 0 Å². The van der Waals surface area contributed by atoms with Gasteiger partial charge in [0.15, 0.2) is 0 Å². The molecule has 1 heterocycles. The summed E-state index contributed by atoms with van der Waals surface area (Å²) in [5.41, 5.74) is 1.28. The number of H-pyrrole nitrogens is 1. The lowest BCUT2D eigenvalue weighted by Gasteiger charge is -2.16. The number of hydrogen-bond donors (Lipinski definition) is 1. The molecule has 4 nitrogen and oxygen atoms in total. The van der Waals surface area contributed by atoms with Crippen molar-refractivity contribution in [2.45, 2.75) is 6.42 Å². The second-order valence-electron chi connectivity index (χ2n) is 5.93. The van der Waals surface area contributed by atoms with Crippen LogP contribution in [0.25, 0.3) is 11.1 Å². The summed E-state index contributed by atoms with van der Waals surface area (Å²) in [5, 5.41) is -0.0742. The minimum absolute atomic E-state index is 0.00380. The Morgan fingerprint density at radius 1 is 1.11 bits per heavy atom. The van der Waals surface area contributed by atoms with E-state index < -0.39 is 17.2 Å². The molecule has 0 unspecified atom stereocenters. The van der Waals surface area contributed by atoms with Crippen LogP contribution in [0.4, 0.5) is 8.78 Å². The molecule has 0 radical (unpaired) electrons. The summed E-state index contributed by atoms with van der Waals surface area (Å²) in [7, 11) is 3.03. The van der Waals surface area contributed by atoms with Gasteiger partial charge in [-0.05, 0) is 39.2 Å². The monoisotopic (exact) mass is 469 g/mol. The van der Waals surface area contributed by atoms with Crippen LogP contribution in [0.5, 0.6) is 11.5 Å². The first-order valence-electron chi connectivity index (χ1n) is 8.11. The Balaban J connectivity index is 2.23. The van der Waals surface area contributed by atoms with Gasteiger partial charge in [0.1, 0.15) is 28.2 Å². The van der Waals surface area contributed by atoms with Crippen molar-refractivity contribution in [2.24, 2.45) is 0 Å². The summed E-state index contributed by atoms with van der Waals surface area (Å²) in [6.45, 7) is 0. The maximum Gasteiger partial charge on any atom is 0.267 e. The molecule has 0 saturated heterocycles. The van der Waals surface area contributed by atoms with Gasteiger partial charge in [-0.25, -0.2) is 8.78 Å². The molecule has 0 amide bonds. The molecule has 3 aromatic rings. The molecule has 0 atom stereocenters. The Labute approximate surface area is 173 Å². The highest BCUT2D eigenvalue weighted by Crippen LogP contribution is 2.41. The van der Waals surface area contributed by atoms with Gasteiger partial charge in [0, 0.05) is 35.9 Å². The lowest BCUT2D eigenvalue weighted by molar-refractivity contribution is 0.393. The first kappa shape index (κ1) is 20.4. The van der Waals surface area contributed by atoms with E-state index in [0.29, 0.717) is 32.7 Å². The zero-order valence-electron chi connectivity index (χ0n) is 14.9. The number of rotatable bonds is 5. The fourth-order valence-corrected chi connectivity index (χ4v) is 3.67. The largest absolute Gasteiger partial charge is 0.497 e. The molecule has 0 saturated carbocycles. The molecule has 0 fully saturated rings. The van der Waals surface area contributed by atoms with Crippen LogP contribution < -0.4 is 15.0 Å². The average molecular weight is 471 g/mol. The molecular formula is C20H15BrClF2NO3. The highest BCUT2D eigenvalue weighted by Gasteiger charge is 2.19. The molecule has 1 aromatic heterocycles. The van der Waals surface area contributed by atoms with E-state index in [1.165, 1.54) is 26.5 Å². The van der Waals surface area contributed by atoms with Crippen molar-refractivity contribution in [3.8, 4) is 22.6 Å². The van der Waals surface area contributed by atoms with E-state index >= 15 is 0 Å². The van der Waals surface area contributed by atoms with Crippen LogP contribution in [0.1, 0.15) is 11.1 Å². The molecular weight excluding hydrogens is 456 g/mol. The summed E-state index contributed by atoms with van der Waals surface area (Å²) < 4.78 is 38.7. The fourth-order valence-electron chi connectivity index (χ4n) is 2.85. The van der Waals surface area contributed by atoms with Gasteiger partial charge < -0.3 is 14.5 Å². The number of hydrogen-bond acceptors (Lipinski definition) is 3. The van der Waals surface area contributed by atoms with Gasteiger partial charge in [-0.15, -0.1) is 0 Å². The normalized spacial score (nSPS) is 10.8. The minimum Gasteiger partial charge on any atom is -0.497 e. The van der Waals surface area contributed by atoms with E-state index in [-0.39, 0.29) is 17.0 Å². The summed E-state index contributed by atoms with van der Waals surface area (Å²) >= 11 is 9.75. The summed E-state index contributed by atoms with van der Waals surface area (Å²) in [4.78, 5) is 14.7. The highest BCUT2D eigenvalue weighted by molar-refractivity contribution is 9.10. The van der Waals surface area contributed by atoms with Crippen molar-refractivity contribution in [3.63, 3.8) is 0 Å². The van der Waals surface area contributed by atoms with Crippen molar-refractivity contribution in [2.75, 3.05) is 14.2 Å². The second kappa shape index (κ2) is 8.32. The molecule has 3 rings (SSSR count). The number of aromatic amines is 1. The van der Waals surface area contributed by atoms with Crippen LogP contribution in [0.2, 0.25) is 5.02 Å². The topological polar surface area (TPSA) is 51.3 Å². The predicted molar refractivity (Wildman–Crippen MR) is 107 cm³/mol. The first-order chi connectivity index (χ1) is 13.3. The van der Waals surface area contributed by atoms with Gasteiger partial charge in [0.05, 0.1) is 18.7 Å². The number of halogens is 4. The van der Waals surface area contributed by atoms with Crippen LogP contribution >= 0.6 is 27.5 Å². The van der Waals surface area contributed by atoms with Crippen molar-refractivity contribution in [1.29, 1.82) is 0 Å². The van der Waals surface area contributed by atoms with Gasteiger partial charge >= 0.3 is 0 Å². The first-order valence-corrected chi connectivity index (χ1v) is 9.28. The van der Waals surface area contributed by atoms with E-state index in [1.54, 1.807) is 12.1 Å². The summed E-state index contributed by atoms with van der Waals surface area (Å²) in [6, 6.07) is 6.71. The Morgan fingerprint density at radius 2 is 1.86 bits per heavy atom. The third-order valence-electron chi connectivity index (χ3n) is 4.28. The molecule has 28 heavy (non-hydrogen) atoms. The predicted octanol–water partition coefficient (Wildman–Crippen LogP) is 5.34. The van der Waals surface area contributed by atoms with E-state index in [0.717, 1.165) is 12.1 Å². The molecule has 0 spiro atoms. The van der Waals surface area contributed by atoms with Gasteiger partial charge in [0.25, 0.3) is 5.56 Å². The Hall–Kier alpha value is -2.38. The number of methoxy groups -OCH3 is 2.